The van der Waals surface area contributed by atoms with Crippen LogP contribution in [0.3, 0.4) is 0 Å². The predicted molar refractivity (Wildman–Crippen MR) is 99.6 cm³/mol. The number of hydrogen-bond acceptors (Lipinski definition) is 4. The van der Waals surface area contributed by atoms with Crippen molar-refractivity contribution in [2.75, 3.05) is 6.61 Å². The third-order valence-electron chi connectivity index (χ3n) is 4.02. The van der Waals surface area contributed by atoms with Crippen LogP contribution in [-0.2, 0) is 0 Å². The van der Waals surface area contributed by atoms with E-state index in [0.29, 0.717) is 23.1 Å². The van der Waals surface area contributed by atoms with Crippen LogP contribution in [0.15, 0.2) is 51.9 Å². The molecular formula is C20H19ClO4. The van der Waals surface area contributed by atoms with Gasteiger partial charge in [-0.3, -0.25) is 4.79 Å². The lowest BCUT2D eigenvalue weighted by Gasteiger charge is -2.07. The molecule has 0 saturated carbocycles. The number of unbranched alkanes of at least 4 members (excludes halogenated alkanes) is 2. The summed E-state index contributed by atoms with van der Waals surface area (Å²) in [6, 6.07) is 10.1. The Hall–Kier alpha value is -2.46. The molecule has 0 saturated heterocycles. The lowest BCUT2D eigenvalue weighted by molar-refractivity contribution is 0.306. The second-order valence-corrected chi connectivity index (χ2v) is 6.27. The lowest BCUT2D eigenvalue weighted by Crippen LogP contribution is -2.05. The highest BCUT2D eigenvalue weighted by Gasteiger charge is 2.12. The number of halogens is 1. The summed E-state index contributed by atoms with van der Waals surface area (Å²) in [5, 5.41) is 10.1. The number of phenolic OH excluding ortho intramolecular Hbond substituents is 1. The van der Waals surface area contributed by atoms with Crippen molar-refractivity contribution in [2.24, 2.45) is 0 Å². The molecule has 0 aliphatic heterocycles. The Labute approximate surface area is 150 Å². The van der Waals surface area contributed by atoms with Gasteiger partial charge in [-0.15, -0.1) is 0 Å². The average Bonchev–Trinajstić information content (AvgIpc) is 2.62. The van der Waals surface area contributed by atoms with Gasteiger partial charge < -0.3 is 14.3 Å². The summed E-state index contributed by atoms with van der Waals surface area (Å²) in [5.41, 5.74) is 1.28. The standard InChI is InChI=1S/C20H19ClO4/c1-2-3-4-9-24-14-7-5-13(6-8-14)16-12-25-19-11-18(22)17(21)10-15(19)20(16)23/h5-8,10-12,22H,2-4,9H2,1H3. The zero-order valence-corrected chi connectivity index (χ0v) is 14.7. The fourth-order valence-corrected chi connectivity index (χ4v) is 2.77. The van der Waals surface area contributed by atoms with E-state index in [9.17, 15) is 9.90 Å². The molecule has 0 amide bonds. The van der Waals surface area contributed by atoms with Gasteiger partial charge in [-0.25, -0.2) is 0 Å². The molecule has 25 heavy (non-hydrogen) atoms. The van der Waals surface area contributed by atoms with E-state index in [0.717, 1.165) is 30.6 Å². The molecule has 0 fully saturated rings. The number of benzene rings is 2. The molecule has 1 N–H and O–H groups in total. The smallest absolute Gasteiger partial charge is 0.200 e. The Bertz CT molecular complexity index is 929. The number of hydrogen-bond donors (Lipinski definition) is 1. The maximum absolute atomic E-state index is 12.7. The lowest BCUT2D eigenvalue weighted by atomic mass is 10.1. The van der Waals surface area contributed by atoms with Crippen LogP contribution in [-0.4, -0.2) is 11.7 Å². The number of phenols is 1. The zero-order chi connectivity index (χ0) is 17.8. The Balaban J connectivity index is 1.87. The summed E-state index contributed by atoms with van der Waals surface area (Å²) in [6.45, 7) is 2.84. The van der Waals surface area contributed by atoms with Gasteiger partial charge in [0.2, 0.25) is 5.43 Å². The summed E-state index contributed by atoms with van der Waals surface area (Å²) in [7, 11) is 0. The molecule has 3 aromatic rings. The predicted octanol–water partition coefficient (Wildman–Crippen LogP) is 5.39. The van der Waals surface area contributed by atoms with E-state index < -0.39 is 0 Å². The highest BCUT2D eigenvalue weighted by atomic mass is 35.5. The van der Waals surface area contributed by atoms with Crippen molar-refractivity contribution in [3.63, 3.8) is 0 Å². The first-order valence-electron chi connectivity index (χ1n) is 8.27. The van der Waals surface area contributed by atoms with Crippen LogP contribution in [0, 0.1) is 0 Å². The fraction of sp³-hybridized carbons (Fsp3) is 0.250. The number of aromatic hydroxyl groups is 1. The maximum Gasteiger partial charge on any atom is 0.200 e. The summed E-state index contributed by atoms with van der Waals surface area (Å²) in [6.07, 6.45) is 4.73. The molecule has 0 atom stereocenters. The molecule has 0 bridgehead atoms. The molecule has 2 aromatic carbocycles. The minimum atomic E-state index is -0.195. The first kappa shape index (κ1) is 17.4. The first-order chi connectivity index (χ1) is 12.1. The topological polar surface area (TPSA) is 59.7 Å². The maximum atomic E-state index is 12.7. The number of rotatable bonds is 6. The Morgan fingerprint density at radius 2 is 1.92 bits per heavy atom. The normalized spacial score (nSPS) is 11.0. The van der Waals surface area contributed by atoms with Gasteiger partial charge in [-0.2, -0.15) is 0 Å². The monoisotopic (exact) mass is 358 g/mol. The van der Waals surface area contributed by atoms with Crippen LogP contribution in [0.2, 0.25) is 5.02 Å². The van der Waals surface area contributed by atoms with Crippen molar-refractivity contribution in [1.29, 1.82) is 0 Å². The van der Waals surface area contributed by atoms with Crippen molar-refractivity contribution >= 4 is 22.6 Å². The van der Waals surface area contributed by atoms with Gasteiger partial charge in [0.1, 0.15) is 23.3 Å². The molecular weight excluding hydrogens is 340 g/mol. The van der Waals surface area contributed by atoms with Crippen molar-refractivity contribution in [3.05, 3.63) is 57.9 Å². The van der Waals surface area contributed by atoms with Gasteiger partial charge in [-0.05, 0) is 30.2 Å². The van der Waals surface area contributed by atoms with Gasteiger partial charge in [0.25, 0.3) is 0 Å². The second-order valence-electron chi connectivity index (χ2n) is 5.86. The van der Waals surface area contributed by atoms with Crippen LogP contribution in [0.4, 0.5) is 0 Å². The number of fused-ring (bicyclic) bond motifs is 1. The van der Waals surface area contributed by atoms with Crippen molar-refractivity contribution in [2.45, 2.75) is 26.2 Å². The molecule has 4 nitrogen and oxygen atoms in total. The van der Waals surface area contributed by atoms with E-state index in [1.807, 2.05) is 24.3 Å². The molecule has 1 heterocycles. The average molecular weight is 359 g/mol. The Morgan fingerprint density at radius 3 is 2.64 bits per heavy atom. The highest BCUT2D eigenvalue weighted by Crippen LogP contribution is 2.29. The molecule has 130 valence electrons. The summed E-state index contributed by atoms with van der Waals surface area (Å²) >= 11 is 5.90. The van der Waals surface area contributed by atoms with E-state index in [-0.39, 0.29) is 16.2 Å². The molecule has 1 aromatic heterocycles. The molecule has 0 radical (unpaired) electrons. The van der Waals surface area contributed by atoms with Crippen LogP contribution in [0.1, 0.15) is 26.2 Å². The fourth-order valence-electron chi connectivity index (χ4n) is 2.61. The Kier molecular flexibility index (Phi) is 5.29. The third kappa shape index (κ3) is 3.80. The largest absolute Gasteiger partial charge is 0.506 e. The van der Waals surface area contributed by atoms with E-state index in [4.69, 9.17) is 20.8 Å². The second kappa shape index (κ2) is 7.62. The molecule has 0 aliphatic rings. The van der Waals surface area contributed by atoms with E-state index in [2.05, 4.69) is 6.92 Å². The van der Waals surface area contributed by atoms with Crippen molar-refractivity contribution in [3.8, 4) is 22.6 Å². The molecule has 5 heteroatoms. The summed E-state index contributed by atoms with van der Waals surface area (Å²) in [5.74, 6) is 0.660. The van der Waals surface area contributed by atoms with Crippen LogP contribution in [0.25, 0.3) is 22.1 Å². The molecule has 3 rings (SSSR count). The highest BCUT2D eigenvalue weighted by molar-refractivity contribution is 6.32. The van der Waals surface area contributed by atoms with Gasteiger partial charge in [0, 0.05) is 6.07 Å². The SMILES string of the molecule is CCCCCOc1ccc(-c2coc3cc(O)c(Cl)cc3c2=O)cc1. The van der Waals surface area contributed by atoms with Crippen LogP contribution in [0.5, 0.6) is 11.5 Å². The first-order valence-corrected chi connectivity index (χ1v) is 8.65. The summed E-state index contributed by atoms with van der Waals surface area (Å²) < 4.78 is 11.2. The number of ether oxygens (including phenoxy) is 1. The summed E-state index contributed by atoms with van der Waals surface area (Å²) in [4.78, 5) is 12.7. The molecule has 0 aliphatic carbocycles. The van der Waals surface area contributed by atoms with Gasteiger partial charge in [-0.1, -0.05) is 43.5 Å². The van der Waals surface area contributed by atoms with Gasteiger partial charge in [0.05, 0.1) is 22.6 Å². The Morgan fingerprint density at radius 1 is 1.16 bits per heavy atom. The van der Waals surface area contributed by atoms with E-state index in [1.165, 1.54) is 18.4 Å². The van der Waals surface area contributed by atoms with E-state index >= 15 is 0 Å². The van der Waals surface area contributed by atoms with Crippen LogP contribution < -0.4 is 10.2 Å². The molecule has 0 spiro atoms. The quantitative estimate of drug-likeness (QED) is 0.600. The minimum Gasteiger partial charge on any atom is -0.506 e. The van der Waals surface area contributed by atoms with Gasteiger partial charge in [0.15, 0.2) is 0 Å². The zero-order valence-electron chi connectivity index (χ0n) is 13.9. The third-order valence-corrected chi connectivity index (χ3v) is 4.33. The van der Waals surface area contributed by atoms with Crippen LogP contribution >= 0.6 is 11.6 Å². The van der Waals surface area contributed by atoms with Gasteiger partial charge >= 0.3 is 0 Å². The molecule has 0 unspecified atom stereocenters. The van der Waals surface area contributed by atoms with Crippen molar-refractivity contribution in [1.82, 2.24) is 0 Å². The van der Waals surface area contributed by atoms with Crippen molar-refractivity contribution < 1.29 is 14.3 Å². The minimum absolute atomic E-state index is 0.116. The van der Waals surface area contributed by atoms with E-state index in [1.54, 1.807) is 0 Å².